The normalized spacial score (nSPS) is 22.7. The molecular formula is C23H22N2O4. The number of ether oxygens (including phenoxy) is 1. The minimum Gasteiger partial charge on any atom is -0.484 e. The molecule has 0 saturated carbocycles. The first-order chi connectivity index (χ1) is 14.0. The van der Waals surface area contributed by atoms with Crippen molar-refractivity contribution in [2.24, 2.45) is 0 Å². The summed E-state index contributed by atoms with van der Waals surface area (Å²) in [7, 11) is 0. The lowest BCUT2D eigenvalue weighted by atomic mass is 9.83. The van der Waals surface area contributed by atoms with Gasteiger partial charge in [0, 0.05) is 12.2 Å². The molecule has 6 heteroatoms. The van der Waals surface area contributed by atoms with Crippen molar-refractivity contribution in [1.29, 1.82) is 0 Å². The van der Waals surface area contributed by atoms with E-state index < -0.39 is 5.60 Å². The van der Waals surface area contributed by atoms with Gasteiger partial charge < -0.3 is 15.0 Å². The highest BCUT2D eigenvalue weighted by Gasteiger charge is 2.44. The maximum atomic E-state index is 13.0. The number of piperidine rings is 1. The van der Waals surface area contributed by atoms with Gasteiger partial charge in [-0.15, -0.1) is 0 Å². The summed E-state index contributed by atoms with van der Waals surface area (Å²) in [6, 6.07) is 13.0. The maximum Gasteiger partial charge on any atom is 0.228 e. The summed E-state index contributed by atoms with van der Waals surface area (Å²) in [5, 5.41) is 2.83. The van der Waals surface area contributed by atoms with Crippen LogP contribution in [0.1, 0.15) is 40.7 Å². The van der Waals surface area contributed by atoms with E-state index >= 15 is 0 Å². The van der Waals surface area contributed by atoms with Crippen molar-refractivity contribution in [2.45, 2.75) is 37.7 Å². The number of amides is 2. The molecule has 1 atom stereocenters. The minimum atomic E-state index is -0.634. The summed E-state index contributed by atoms with van der Waals surface area (Å²) in [5.74, 6) is 0.701. The van der Waals surface area contributed by atoms with Gasteiger partial charge in [-0.2, -0.15) is 0 Å². The number of para-hydroxylation sites is 1. The monoisotopic (exact) mass is 390 g/mol. The largest absolute Gasteiger partial charge is 0.484 e. The first-order valence-electron chi connectivity index (χ1n) is 10.0. The first-order valence-corrected chi connectivity index (χ1v) is 10.0. The van der Waals surface area contributed by atoms with Gasteiger partial charge in [-0.3, -0.25) is 14.4 Å². The molecular weight excluding hydrogens is 368 g/mol. The zero-order chi connectivity index (χ0) is 20.0. The summed E-state index contributed by atoms with van der Waals surface area (Å²) in [4.78, 5) is 39.0. The molecule has 5 rings (SSSR count). The van der Waals surface area contributed by atoms with E-state index in [4.69, 9.17) is 4.74 Å². The predicted octanol–water partition coefficient (Wildman–Crippen LogP) is 2.75. The number of likely N-dealkylation sites (tertiary alicyclic amines) is 1. The molecule has 1 spiro atoms. The first kappa shape index (κ1) is 17.9. The van der Waals surface area contributed by atoms with Crippen molar-refractivity contribution in [3.8, 4) is 5.75 Å². The molecule has 0 aromatic heterocycles. The van der Waals surface area contributed by atoms with Crippen LogP contribution in [0.2, 0.25) is 0 Å². The van der Waals surface area contributed by atoms with Gasteiger partial charge in [0.25, 0.3) is 0 Å². The third kappa shape index (κ3) is 3.28. The van der Waals surface area contributed by atoms with Crippen LogP contribution >= 0.6 is 0 Å². The number of carbonyl (C=O) groups is 3. The maximum absolute atomic E-state index is 13.0. The highest BCUT2D eigenvalue weighted by molar-refractivity contribution is 6.00. The molecule has 3 aliphatic heterocycles. The van der Waals surface area contributed by atoms with Crippen molar-refractivity contribution >= 4 is 23.3 Å². The number of ketones is 1. The van der Waals surface area contributed by atoms with Gasteiger partial charge in [-0.25, -0.2) is 0 Å². The van der Waals surface area contributed by atoms with E-state index in [2.05, 4.69) is 5.32 Å². The lowest BCUT2D eigenvalue weighted by Crippen LogP contribution is -2.56. The Labute approximate surface area is 168 Å². The van der Waals surface area contributed by atoms with Crippen molar-refractivity contribution in [3.63, 3.8) is 0 Å². The molecule has 1 fully saturated rings. The topological polar surface area (TPSA) is 75.7 Å². The van der Waals surface area contributed by atoms with Crippen LogP contribution in [0.3, 0.4) is 0 Å². The second-order valence-corrected chi connectivity index (χ2v) is 8.19. The minimum absolute atomic E-state index is 0.0131. The SMILES string of the molecule is O=C1Cc2ccc(CC(=O)N3CCCC4(CC(=O)c5ccccc5O4)C3)cc2N1. The van der Waals surface area contributed by atoms with Crippen molar-refractivity contribution < 1.29 is 19.1 Å². The van der Waals surface area contributed by atoms with E-state index in [9.17, 15) is 14.4 Å². The third-order valence-electron chi connectivity index (χ3n) is 6.04. The zero-order valence-corrected chi connectivity index (χ0v) is 16.1. The quantitative estimate of drug-likeness (QED) is 0.856. The number of hydrogen-bond acceptors (Lipinski definition) is 4. The summed E-state index contributed by atoms with van der Waals surface area (Å²) in [5.41, 5.74) is 2.64. The van der Waals surface area contributed by atoms with Crippen LogP contribution in [0.25, 0.3) is 0 Å². The van der Waals surface area contributed by atoms with Gasteiger partial charge in [0.05, 0.1) is 31.4 Å². The van der Waals surface area contributed by atoms with Crippen LogP contribution < -0.4 is 10.1 Å². The molecule has 2 amide bonds. The smallest absolute Gasteiger partial charge is 0.228 e. The summed E-state index contributed by atoms with van der Waals surface area (Å²) >= 11 is 0. The Bertz CT molecular complexity index is 1030. The van der Waals surface area contributed by atoms with E-state index in [1.54, 1.807) is 6.07 Å². The van der Waals surface area contributed by atoms with Crippen LogP contribution in [-0.4, -0.2) is 41.2 Å². The Morgan fingerprint density at radius 3 is 2.93 bits per heavy atom. The molecule has 1 saturated heterocycles. The summed E-state index contributed by atoms with van der Waals surface area (Å²) in [6.45, 7) is 1.09. The number of Topliss-reactive ketones (excluding diaryl/α,β-unsaturated/α-hetero) is 1. The lowest BCUT2D eigenvalue weighted by molar-refractivity contribution is -0.136. The molecule has 3 heterocycles. The van der Waals surface area contributed by atoms with Crippen molar-refractivity contribution in [3.05, 3.63) is 59.2 Å². The number of nitrogens with one attached hydrogen (secondary N) is 1. The lowest BCUT2D eigenvalue weighted by Gasteiger charge is -2.44. The fraction of sp³-hybridized carbons (Fsp3) is 0.348. The van der Waals surface area contributed by atoms with E-state index in [1.165, 1.54) is 0 Å². The Balaban J connectivity index is 1.31. The number of nitrogens with zero attached hydrogens (tertiary/aromatic N) is 1. The molecule has 29 heavy (non-hydrogen) atoms. The van der Waals surface area contributed by atoms with Crippen LogP contribution in [0.4, 0.5) is 5.69 Å². The van der Waals surface area contributed by atoms with Gasteiger partial charge in [0.15, 0.2) is 5.78 Å². The molecule has 0 bridgehead atoms. The van der Waals surface area contributed by atoms with Gasteiger partial charge >= 0.3 is 0 Å². The molecule has 0 radical (unpaired) electrons. The molecule has 1 N–H and O–H groups in total. The van der Waals surface area contributed by atoms with Crippen LogP contribution in [-0.2, 0) is 22.4 Å². The van der Waals surface area contributed by atoms with E-state index in [1.807, 2.05) is 41.3 Å². The number of anilines is 1. The van der Waals surface area contributed by atoms with E-state index in [-0.39, 0.29) is 24.0 Å². The predicted molar refractivity (Wildman–Crippen MR) is 107 cm³/mol. The molecule has 6 nitrogen and oxygen atoms in total. The van der Waals surface area contributed by atoms with Crippen LogP contribution in [0.15, 0.2) is 42.5 Å². The Kier molecular flexibility index (Phi) is 4.15. The standard InChI is InChI=1S/C23H22N2O4/c26-19-13-23(29-20-5-2-1-4-17(19)20)8-3-9-25(14-23)22(28)11-15-6-7-16-12-21(27)24-18(16)10-15/h1-2,4-7,10H,3,8-9,11-14H2,(H,24,27). The van der Waals surface area contributed by atoms with E-state index in [0.717, 1.165) is 29.7 Å². The third-order valence-corrected chi connectivity index (χ3v) is 6.04. The number of benzene rings is 2. The molecule has 1 unspecified atom stereocenters. The number of hydrogen-bond donors (Lipinski definition) is 1. The number of rotatable bonds is 2. The highest BCUT2D eigenvalue weighted by atomic mass is 16.5. The van der Waals surface area contributed by atoms with Gasteiger partial charge in [0.2, 0.25) is 11.8 Å². The molecule has 0 aliphatic carbocycles. The Morgan fingerprint density at radius 1 is 1.17 bits per heavy atom. The molecule has 2 aromatic rings. The molecule has 148 valence electrons. The Hall–Kier alpha value is -3.15. The second kappa shape index (κ2) is 6.72. The molecule has 2 aromatic carbocycles. The van der Waals surface area contributed by atoms with Gasteiger partial charge in [-0.1, -0.05) is 24.3 Å². The number of carbonyl (C=O) groups excluding carboxylic acids is 3. The summed E-state index contributed by atoms with van der Waals surface area (Å²) < 4.78 is 6.27. The molecule has 3 aliphatic rings. The van der Waals surface area contributed by atoms with E-state index in [0.29, 0.717) is 37.2 Å². The second-order valence-electron chi connectivity index (χ2n) is 8.19. The van der Waals surface area contributed by atoms with Crippen molar-refractivity contribution in [1.82, 2.24) is 4.90 Å². The Morgan fingerprint density at radius 2 is 2.03 bits per heavy atom. The van der Waals surface area contributed by atoms with Gasteiger partial charge in [0.1, 0.15) is 11.4 Å². The van der Waals surface area contributed by atoms with Gasteiger partial charge in [-0.05, 0) is 42.2 Å². The summed E-state index contributed by atoms with van der Waals surface area (Å²) in [6.07, 6.45) is 2.54. The fourth-order valence-corrected chi connectivity index (χ4v) is 4.64. The van der Waals surface area contributed by atoms with Crippen LogP contribution in [0, 0.1) is 0 Å². The van der Waals surface area contributed by atoms with Crippen LogP contribution in [0.5, 0.6) is 5.75 Å². The van der Waals surface area contributed by atoms with Crippen molar-refractivity contribution in [2.75, 3.05) is 18.4 Å². The zero-order valence-electron chi connectivity index (χ0n) is 16.1. The average molecular weight is 390 g/mol. The average Bonchev–Trinajstić information content (AvgIpc) is 3.07. The highest BCUT2D eigenvalue weighted by Crippen LogP contribution is 2.38. The number of fused-ring (bicyclic) bond motifs is 2. The fourth-order valence-electron chi connectivity index (χ4n) is 4.64.